The molecule has 5 rings (SSSR count). The van der Waals surface area contributed by atoms with Crippen molar-refractivity contribution in [2.75, 3.05) is 54.5 Å². The van der Waals surface area contributed by atoms with E-state index in [4.69, 9.17) is 9.97 Å². The molecule has 0 atom stereocenters. The van der Waals surface area contributed by atoms with Crippen LogP contribution in [-0.4, -0.2) is 66.6 Å². The number of fused-ring (bicyclic) bond motifs is 1. The van der Waals surface area contributed by atoms with Crippen LogP contribution < -0.4 is 14.7 Å². The molecule has 2 aliphatic heterocycles. The fraction of sp³-hybridized carbons (Fsp3) is 0.423. The van der Waals surface area contributed by atoms with E-state index in [1.807, 2.05) is 22.4 Å². The van der Waals surface area contributed by atoms with Gasteiger partial charge < -0.3 is 19.6 Å². The molecule has 178 valence electrons. The lowest BCUT2D eigenvalue weighted by Gasteiger charge is -2.38. The number of hydrogen-bond acceptors (Lipinski definition) is 7. The van der Waals surface area contributed by atoms with Gasteiger partial charge in [0.05, 0.1) is 17.1 Å². The Kier molecular flexibility index (Phi) is 6.41. The third kappa shape index (κ3) is 4.46. The summed E-state index contributed by atoms with van der Waals surface area (Å²) in [5, 5.41) is 1.95. The average molecular weight is 477 g/mol. The summed E-state index contributed by atoms with van der Waals surface area (Å²) < 4.78 is 0. The topological polar surface area (TPSA) is 55.8 Å². The number of thiophene rings is 1. The Morgan fingerprint density at radius 2 is 1.71 bits per heavy atom. The highest BCUT2D eigenvalue weighted by molar-refractivity contribution is 7.12. The lowest BCUT2D eigenvalue weighted by molar-refractivity contribution is 0.0738. The Morgan fingerprint density at radius 1 is 0.971 bits per heavy atom. The minimum atomic E-state index is 0.0971. The Balaban J connectivity index is 1.39. The first-order valence-electron chi connectivity index (χ1n) is 12.0. The zero-order valence-electron chi connectivity index (χ0n) is 20.1. The highest BCUT2D eigenvalue weighted by Crippen LogP contribution is 2.31. The van der Waals surface area contributed by atoms with Crippen LogP contribution >= 0.6 is 11.3 Å². The van der Waals surface area contributed by atoms with Gasteiger partial charge in [-0.25, -0.2) is 4.98 Å². The smallest absolute Gasteiger partial charge is 0.264 e. The molecule has 0 unspecified atom stereocenters. The van der Waals surface area contributed by atoms with Crippen molar-refractivity contribution in [2.24, 2.45) is 0 Å². The molecule has 0 bridgehead atoms. The molecular weight excluding hydrogens is 444 g/mol. The second kappa shape index (κ2) is 9.62. The maximum absolute atomic E-state index is 13.0. The SMILES string of the molecule is CC(C)N(C)c1nc(N2CCN(c3ccccc3)CC2)nc2c1CN(C(=O)c1cccs1)CC2. The van der Waals surface area contributed by atoms with E-state index in [2.05, 4.69) is 65.9 Å². The summed E-state index contributed by atoms with van der Waals surface area (Å²) in [5.74, 6) is 1.86. The van der Waals surface area contributed by atoms with Crippen LogP contribution in [0.1, 0.15) is 34.8 Å². The number of hydrogen-bond donors (Lipinski definition) is 0. The van der Waals surface area contributed by atoms with Crippen molar-refractivity contribution in [2.45, 2.75) is 32.9 Å². The van der Waals surface area contributed by atoms with E-state index in [0.29, 0.717) is 19.1 Å². The monoisotopic (exact) mass is 476 g/mol. The number of piperazine rings is 1. The fourth-order valence-electron chi connectivity index (χ4n) is 4.59. The molecule has 0 radical (unpaired) electrons. The first-order valence-corrected chi connectivity index (χ1v) is 12.9. The minimum absolute atomic E-state index is 0.0971. The summed E-state index contributed by atoms with van der Waals surface area (Å²) >= 11 is 1.50. The van der Waals surface area contributed by atoms with Gasteiger partial charge in [0.25, 0.3) is 5.91 Å². The van der Waals surface area contributed by atoms with Crippen LogP contribution in [0.2, 0.25) is 0 Å². The number of aromatic nitrogens is 2. The average Bonchev–Trinajstić information content (AvgIpc) is 3.42. The quantitative estimate of drug-likeness (QED) is 0.557. The van der Waals surface area contributed by atoms with E-state index in [0.717, 1.165) is 60.5 Å². The van der Waals surface area contributed by atoms with Gasteiger partial charge >= 0.3 is 0 Å². The standard InChI is InChI=1S/C26H32N6OS/c1-19(2)29(3)24-21-18-32(25(33)23-10-7-17-34-23)12-11-22(21)27-26(28-24)31-15-13-30(14-16-31)20-8-5-4-6-9-20/h4-10,17,19H,11-16,18H2,1-3H3. The van der Waals surface area contributed by atoms with Gasteiger partial charge in [-0.15, -0.1) is 11.3 Å². The van der Waals surface area contributed by atoms with E-state index in [-0.39, 0.29) is 5.91 Å². The van der Waals surface area contributed by atoms with Crippen molar-refractivity contribution >= 4 is 34.7 Å². The van der Waals surface area contributed by atoms with Crippen LogP contribution in [0.3, 0.4) is 0 Å². The number of nitrogens with zero attached hydrogens (tertiary/aromatic N) is 6. The van der Waals surface area contributed by atoms with Crippen molar-refractivity contribution in [1.82, 2.24) is 14.9 Å². The molecule has 1 amide bonds. The van der Waals surface area contributed by atoms with E-state index >= 15 is 0 Å². The van der Waals surface area contributed by atoms with Gasteiger partial charge in [-0.3, -0.25) is 4.79 Å². The van der Waals surface area contributed by atoms with Gasteiger partial charge in [0.2, 0.25) is 5.95 Å². The third-order valence-electron chi connectivity index (χ3n) is 6.84. The molecule has 2 aliphatic rings. The number of carbonyl (C=O) groups is 1. The summed E-state index contributed by atoms with van der Waals surface area (Å²) in [7, 11) is 2.09. The number of para-hydroxylation sites is 1. The second-order valence-corrected chi connectivity index (χ2v) is 10.2. The summed E-state index contributed by atoms with van der Waals surface area (Å²) in [6, 6.07) is 14.7. The first kappa shape index (κ1) is 22.7. The summed E-state index contributed by atoms with van der Waals surface area (Å²) in [4.78, 5) is 32.8. The van der Waals surface area contributed by atoms with Gasteiger partial charge in [-0.1, -0.05) is 24.3 Å². The molecule has 8 heteroatoms. The van der Waals surface area contributed by atoms with Crippen LogP contribution in [0.4, 0.5) is 17.5 Å². The van der Waals surface area contributed by atoms with E-state index < -0.39 is 0 Å². The highest BCUT2D eigenvalue weighted by Gasteiger charge is 2.30. The minimum Gasteiger partial charge on any atom is -0.368 e. The molecule has 0 spiro atoms. The molecule has 1 aromatic carbocycles. The number of anilines is 3. The lowest BCUT2D eigenvalue weighted by Crippen LogP contribution is -2.47. The number of benzene rings is 1. The Labute approximate surface area is 205 Å². The highest BCUT2D eigenvalue weighted by atomic mass is 32.1. The molecule has 1 saturated heterocycles. The second-order valence-electron chi connectivity index (χ2n) is 9.24. The zero-order chi connectivity index (χ0) is 23.7. The van der Waals surface area contributed by atoms with Crippen LogP contribution in [0.15, 0.2) is 47.8 Å². The summed E-state index contributed by atoms with van der Waals surface area (Å²) in [6.45, 7) is 9.26. The van der Waals surface area contributed by atoms with Gasteiger partial charge in [-0.2, -0.15) is 4.98 Å². The molecule has 1 fully saturated rings. The van der Waals surface area contributed by atoms with E-state index in [1.165, 1.54) is 17.0 Å². The van der Waals surface area contributed by atoms with Crippen LogP contribution in [0.25, 0.3) is 0 Å². The molecule has 34 heavy (non-hydrogen) atoms. The molecular formula is C26H32N6OS. The molecule has 4 heterocycles. The first-order chi connectivity index (χ1) is 16.5. The van der Waals surface area contributed by atoms with E-state index in [1.54, 1.807) is 0 Å². The molecule has 2 aromatic heterocycles. The molecule has 7 nitrogen and oxygen atoms in total. The summed E-state index contributed by atoms with van der Waals surface area (Å²) in [5.41, 5.74) is 3.43. The Hall–Kier alpha value is -3.13. The molecule has 3 aromatic rings. The van der Waals surface area contributed by atoms with Crippen molar-refractivity contribution < 1.29 is 4.79 Å². The van der Waals surface area contributed by atoms with Gasteiger partial charge in [-0.05, 0) is 37.4 Å². The van der Waals surface area contributed by atoms with Crippen molar-refractivity contribution in [3.63, 3.8) is 0 Å². The summed E-state index contributed by atoms with van der Waals surface area (Å²) in [6.07, 6.45) is 0.755. The normalized spacial score (nSPS) is 16.1. The van der Waals surface area contributed by atoms with Crippen molar-refractivity contribution in [3.05, 3.63) is 64.0 Å². The maximum Gasteiger partial charge on any atom is 0.264 e. The van der Waals surface area contributed by atoms with Gasteiger partial charge in [0.15, 0.2) is 0 Å². The van der Waals surface area contributed by atoms with Crippen LogP contribution in [0, 0.1) is 0 Å². The van der Waals surface area contributed by atoms with Crippen LogP contribution in [0.5, 0.6) is 0 Å². The lowest BCUT2D eigenvalue weighted by atomic mass is 10.0. The van der Waals surface area contributed by atoms with Crippen molar-refractivity contribution in [3.8, 4) is 0 Å². The Bertz CT molecular complexity index is 1130. The van der Waals surface area contributed by atoms with Gasteiger partial charge in [0.1, 0.15) is 5.82 Å². The predicted octanol–water partition coefficient (Wildman–Crippen LogP) is 3.91. The van der Waals surface area contributed by atoms with E-state index in [9.17, 15) is 4.79 Å². The fourth-order valence-corrected chi connectivity index (χ4v) is 5.29. The predicted molar refractivity (Wildman–Crippen MR) is 139 cm³/mol. The molecule has 0 N–H and O–H groups in total. The number of rotatable bonds is 5. The largest absolute Gasteiger partial charge is 0.368 e. The number of amides is 1. The third-order valence-corrected chi connectivity index (χ3v) is 7.70. The maximum atomic E-state index is 13.0. The zero-order valence-corrected chi connectivity index (χ0v) is 21.0. The molecule has 0 aliphatic carbocycles. The Morgan fingerprint density at radius 3 is 2.38 bits per heavy atom. The van der Waals surface area contributed by atoms with Crippen molar-refractivity contribution in [1.29, 1.82) is 0 Å². The van der Waals surface area contributed by atoms with Gasteiger partial charge in [0, 0.05) is 63.5 Å². The van der Waals surface area contributed by atoms with Crippen LogP contribution in [-0.2, 0) is 13.0 Å². The number of carbonyl (C=O) groups excluding carboxylic acids is 1. The molecule has 0 saturated carbocycles.